The number of ether oxygens (including phenoxy) is 1. The molecule has 0 amide bonds. The molecule has 0 spiro atoms. The molecule has 4 heteroatoms. The van der Waals surface area contributed by atoms with Crippen molar-refractivity contribution in [3.8, 4) is 5.75 Å². The molecule has 1 N–H and O–H groups in total. The minimum Gasteiger partial charge on any atom is -0.423 e. The first-order valence-corrected chi connectivity index (χ1v) is 5.94. The lowest BCUT2D eigenvalue weighted by Crippen LogP contribution is -2.08. The summed E-state index contributed by atoms with van der Waals surface area (Å²) in [6.07, 6.45) is 1.60. The van der Waals surface area contributed by atoms with E-state index in [0.717, 1.165) is 16.6 Å². The maximum absolute atomic E-state index is 12.0. The van der Waals surface area contributed by atoms with E-state index in [4.69, 9.17) is 4.74 Å². The lowest BCUT2D eigenvalue weighted by atomic mass is 10.2. The van der Waals surface area contributed by atoms with E-state index in [2.05, 4.69) is 9.97 Å². The minimum atomic E-state index is -0.375. The average molecular weight is 252 g/mol. The molecule has 0 aliphatic heterocycles. The van der Waals surface area contributed by atoms with Crippen molar-refractivity contribution in [1.82, 2.24) is 9.97 Å². The molecule has 3 aromatic rings. The summed E-state index contributed by atoms with van der Waals surface area (Å²) < 4.78 is 5.31. The number of hydrogen-bond acceptors (Lipinski definition) is 3. The summed E-state index contributed by atoms with van der Waals surface area (Å²) in [5.74, 6) is 0.167. The molecule has 0 saturated carbocycles. The van der Waals surface area contributed by atoms with Gasteiger partial charge in [0.05, 0.1) is 22.9 Å². The number of hydrogen-bond donors (Lipinski definition) is 1. The monoisotopic (exact) mass is 252 g/mol. The Morgan fingerprint density at radius 1 is 1.16 bits per heavy atom. The van der Waals surface area contributed by atoms with Crippen LogP contribution in [0.2, 0.25) is 0 Å². The Labute approximate surface area is 110 Å². The first-order chi connectivity index (χ1) is 9.22. The molecule has 94 valence electrons. The van der Waals surface area contributed by atoms with Gasteiger partial charge in [0.1, 0.15) is 5.75 Å². The van der Waals surface area contributed by atoms with Crippen LogP contribution < -0.4 is 4.74 Å². The molecule has 2 aromatic carbocycles. The number of imidazole rings is 1. The van der Waals surface area contributed by atoms with Crippen molar-refractivity contribution >= 4 is 17.0 Å². The lowest BCUT2D eigenvalue weighted by Gasteiger charge is -2.04. The molecule has 0 radical (unpaired) electrons. The van der Waals surface area contributed by atoms with Gasteiger partial charge in [0.25, 0.3) is 0 Å². The lowest BCUT2D eigenvalue weighted by molar-refractivity contribution is 0.0735. The van der Waals surface area contributed by atoms with E-state index in [9.17, 15) is 4.79 Å². The van der Waals surface area contributed by atoms with E-state index in [1.807, 2.05) is 19.1 Å². The Morgan fingerprint density at radius 3 is 2.74 bits per heavy atom. The van der Waals surface area contributed by atoms with Gasteiger partial charge in [0.15, 0.2) is 0 Å². The largest absolute Gasteiger partial charge is 0.423 e. The third kappa shape index (κ3) is 2.33. The number of aromatic nitrogens is 2. The van der Waals surface area contributed by atoms with Gasteiger partial charge in [-0.05, 0) is 37.3 Å². The van der Waals surface area contributed by atoms with Crippen LogP contribution in [0.25, 0.3) is 11.0 Å². The van der Waals surface area contributed by atoms with Crippen LogP contribution in [0.15, 0.2) is 48.8 Å². The highest BCUT2D eigenvalue weighted by Gasteiger charge is 2.09. The van der Waals surface area contributed by atoms with Crippen molar-refractivity contribution in [1.29, 1.82) is 0 Å². The molecule has 0 atom stereocenters. The third-order valence-corrected chi connectivity index (χ3v) is 2.89. The highest BCUT2D eigenvalue weighted by atomic mass is 16.5. The molecule has 4 nitrogen and oxygen atoms in total. The van der Waals surface area contributed by atoms with Gasteiger partial charge in [-0.3, -0.25) is 0 Å². The van der Waals surface area contributed by atoms with Crippen LogP contribution >= 0.6 is 0 Å². The zero-order valence-corrected chi connectivity index (χ0v) is 10.4. The quantitative estimate of drug-likeness (QED) is 0.563. The van der Waals surface area contributed by atoms with Crippen molar-refractivity contribution in [2.45, 2.75) is 6.92 Å². The second kappa shape index (κ2) is 4.57. The van der Waals surface area contributed by atoms with E-state index >= 15 is 0 Å². The molecular weight excluding hydrogens is 240 g/mol. The summed E-state index contributed by atoms with van der Waals surface area (Å²) >= 11 is 0. The third-order valence-electron chi connectivity index (χ3n) is 2.89. The topological polar surface area (TPSA) is 55.0 Å². The SMILES string of the molecule is Cc1ccc(OC(=O)c2ccc3nc[nH]c3c2)cc1. The number of rotatable bonds is 2. The number of nitrogens with zero attached hydrogens (tertiary/aromatic N) is 1. The highest BCUT2D eigenvalue weighted by Crippen LogP contribution is 2.16. The molecule has 3 rings (SSSR count). The molecule has 0 aliphatic carbocycles. The Hall–Kier alpha value is -2.62. The number of carbonyl (C=O) groups is 1. The van der Waals surface area contributed by atoms with E-state index in [0.29, 0.717) is 11.3 Å². The Bertz CT molecular complexity index is 729. The van der Waals surface area contributed by atoms with Crippen LogP contribution in [-0.4, -0.2) is 15.9 Å². The number of aromatic amines is 1. The molecule has 1 aromatic heterocycles. The fourth-order valence-electron chi connectivity index (χ4n) is 1.83. The summed E-state index contributed by atoms with van der Waals surface area (Å²) in [7, 11) is 0. The molecule has 0 fully saturated rings. The van der Waals surface area contributed by atoms with Crippen LogP contribution in [0.3, 0.4) is 0 Å². The molecule has 0 aliphatic rings. The van der Waals surface area contributed by atoms with Crippen molar-refractivity contribution in [3.05, 3.63) is 59.9 Å². The summed E-state index contributed by atoms with van der Waals surface area (Å²) in [5, 5.41) is 0. The smallest absolute Gasteiger partial charge is 0.343 e. The first-order valence-electron chi connectivity index (χ1n) is 5.94. The number of carbonyl (C=O) groups excluding carboxylic acids is 1. The summed E-state index contributed by atoms with van der Waals surface area (Å²) in [4.78, 5) is 19.1. The normalized spacial score (nSPS) is 10.6. The first kappa shape index (κ1) is 11.5. The maximum atomic E-state index is 12.0. The van der Waals surface area contributed by atoms with Gasteiger partial charge in [-0.2, -0.15) is 0 Å². The van der Waals surface area contributed by atoms with Gasteiger partial charge in [-0.25, -0.2) is 9.78 Å². The predicted molar refractivity (Wildman–Crippen MR) is 72.2 cm³/mol. The van der Waals surface area contributed by atoms with Gasteiger partial charge in [-0.1, -0.05) is 17.7 Å². The zero-order chi connectivity index (χ0) is 13.2. The molecular formula is C15H12N2O2. The molecule has 0 bridgehead atoms. The predicted octanol–water partition coefficient (Wildman–Crippen LogP) is 3.09. The highest BCUT2D eigenvalue weighted by molar-refractivity contribution is 5.94. The summed E-state index contributed by atoms with van der Waals surface area (Å²) in [6.45, 7) is 1.98. The summed E-state index contributed by atoms with van der Waals surface area (Å²) in [5.41, 5.74) is 3.27. The average Bonchev–Trinajstić information content (AvgIpc) is 2.88. The summed E-state index contributed by atoms with van der Waals surface area (Å²) in [6, 6.07) is 12.6. The fraction of sp³-hybridized carbons (Fsp3) is 0.0667. The van der Waals surface area contributed by atoms with Crippen LogP contribution in [0.4, 0.5) is 0 Å². The fourth-order valence-corrected chi connectivity index (χ4v) is 1.83. The molecule has 1 heterocycles. The second-order valence-electron chi connectivity index (χ2n) is 4.34. The van der Waals surface area contributed by atoms with Crippen LogP contribution in [0.1, 0.15) is 15.9 Å². The van der Waals surface area contributed by atoms with Crippen LogP contribution in [-0.2, 0) is 0 Å². The Kier molecular flexibility index (Phi) is 2.76. The van der Waals surface area contributed by atoms with Crippen molar-refractivity contribution in [3.63, 3.8) is 0 Å². The molecule has 19 heavy (non-hydrogen) atoms. The van der Waals surface area contributed by atoms with Gasteiger partial charge in [0, 0.05) is 0 Å². The number of aryl methyl sites for hydroxylation is 1. The number of H-pyrrole nitrogens is 1. The number of esters is 1. The Morgan fingerprint density at radius 2 is 1.95 bits per heavy atom. The molecule has 0 unspecified atom stereocenters. The van der Waals surface area contributed by atoms with E-state index in [-0.39, 0.29) is 5.97 Å². The Balaban J connectivity index is 1.84. The van der Waals surface area contributed by atoms with E-state index in [1.165, 1.54) is 0 Å². The van der Waals surface area contributed by atoms with Crippen molar-refractivity contribution in [2.24, 2.45) is 0 Å². The number of benzene rings is 2. The van der Waals surface area contributed by atoms with Gasteiger partial charge in [0.2, 0.25) is 0 Å². The van der Waals surface area contributed by atoms with Gasteiger partial charge < -0.3 is 9.72 Å². The van der Waals surface area contributed by atoms with Crippen LogP contribution in [0, 0.1) is 6.92 Å². The van der Waals surface area contributed by atoms with E-state index < -0.39 is 0 Å². The van der Waals surface area contributed by atoms with Gasteiger partial charge in [-0.15, -0.1) is 0 Å². The number of nitrogens with one attached hydrogen (secondary N) is 1. The van der Waals surface area contributed by atoms with Crippen LogP contribution in [0.5, 0.6) is 5.75 Å². The minimum absolute atomic E-state index is 0.375. The van der Waals surface area contributed by atoms with Crippen molar-refractivity contribution < 1.29 is 9.53 Å². The van der Waals surface area contributed by atoms with Crippen molar-refractivity contribution in [2.75, 3.05) is 0 Å². The van der Waals surface area contributed by atoms with E-state index in [1.54, 1.807) is 36.7 Å². The number of fused-ring (bicyclic) bond motifs is 1. The maximum Gasteiger partial charge on any atom is 0.343 e. The second-order valence-corrected chi connectivity index (χ2v) is 4.34. The van der Waals surface area contributed by atoms with Gasteiger partial charge >= 0.3 is 5.97 Å². The standard InChI is InChI=1S/C15H12N2O2/c1-10-2-5-12(6-3-10)19-15(18)11-4-7-13-14(8-11)17-9-16-13/h2-9H,1H3,(H,16,17). The molecule has 0 saturated heterocycles. The zero-order valence-electron chi connectivity index (χ0n) is 10.4.